The molecule has 2 heterocycles. The topological polar surface area (TPSA) is 64.4 Å². The molecule has 0 radical (unpaired) electrons. The Bertz CT molecular complexity index is 774. The molecule has 0 fully saturated rings. The normalized spacial score (nSPS) is 11.4. The summed E-state index contributed by atoms with van der Waals surface area (Å²) in [5.74, 6) is 0. The van der Waals surface area contributed by atoms with Gasteiger partial charge in [0, 0.05) is 19.7 Å². The largest absolute Gasteiger partial charge is 0.444 e. The molecular weight excluding hydrogens is 326 g/mol. The van der Waals surface area contributed by atoms with E-state index in [1.54, 1.807) is 24.5 Å². The second-order valence-corrected chi connectivity index (χ2v) is 7.58. The summed E-state index contributed by atoms with van der Waals surface area (Å²) in [7, 11) is 1.64. The molecule has 130 valence electrons. The van der Waals surface area contributed by atoms with Crippen LogP contribution in [0.2, 0.25) is 0 Å². The van der Waals surface area contributed by atoms with E-state index in [1.165, 1.54) is 21.2 Å². The van der Waals surface area contributed by atoms with Crippen molar-refractivity contribution in [1.29, 1.82) is 0 Å². The molecule has 6 nitrogen and oxygen atoms in total. The number of rotatable bonds is 4. The molecule has 2 rings (SSSR count). The van der Waals surface area contributed by atoms with Crippen molar-refractivity contribution in [3.8, 4) is 10.6 Å². The average molecular weight is 349 g/mol. The Kier molecular flexibility index (Phi) is 5.43. The monoisotopic (exact) mass is 349 g/mol. The number of thiophene rings is 1. The maximum Gasteiger partial charge on any atom is 0.410 e. The maximum absolute atomic E-state index is 12.0. The van der Waals surface area contributed by atoms with Crippen LogP contribution in [0.15, 0.2) is 28.4 Å². The highest BCUT2D eigenvalue weighted by molar-refractivity contribution is 7.13. The van der Waals surface area contributed by atoms with Gasteiger partial charge in [0.15, 0.2) is 0 Å². The molecule has 0 aliphatic heterocycles. The molecule has 0 aliphatic carbocycles. The van der Waals surface area contributed by atoms with E-state index in [4.69, 9.17) is 4.74 Å². The molecule has 0 saturated heterocycles. The van der Waals surface area contributed by atoms with Crippen molar-refractivity contribution in [3.05, 3.63) is 39.5 Å². The van der Waals surface area contributed by atoms with E-state index in [9.17, 15) is 9.59 Å². The summed E-state index contributed by atoms with van der Waals surface area (Å²) in [5.41, 5.74) is 1.19. The number of nitrogens with zero attached hydrogens (tertiary/aromatic N) is 3. The van der Waals surface area contributed by atoms with Gasteiger partial charge in [-0.1, -0.05) is 0 Å². The lowest BCUT2D eigenvalue weighted by Crippen LogP contribution is -2.37. The number of ether oxygens (including phenoxy) is 1. The van der Waals surface area contributed by atoms with E-state index in [2.05, 4.69) is 5.10 Å². The summed E-state index contributed by atoms with van der Waals surface area (Å²) in [6.07, 6.45) is -0.416. The van der Waals surface area contributed by atoms with Crippen LogP contribution >= 0.6 is 11.3 Å². The Morgan fingerprint density at radius 2 is 2.08 bits per heavy atom. The van der Waals surface area contributed by atoms with Gasteiger partial charge in [0.2, 0.25) is 0 Å². The van der Waals surface area contributed by atoms with Crippen LogP contribution in [0.3, 0.4) is 0 Å². The second-order valence-electron chi connectivity index (χ2n) is 6.67. The van der Waals surface area contributed by atoms with Crippen LogP contribution < -0.4 is 5.56 Å². The van der Waals surface area contributed by atoms with Crippen LogP contribution in [-0.2, 0) is 11.3 Å². The Morgan fingerprint density at radius 1 is 1.38 bits per heavy atom. The smallest absolute Gasteiger partial charge is 0.410 e. The number of hydrogen-bond acceptors (Lipinski definition) is 5. The summed E-state index contributed by atoms with van der Waals surface area (Å²) in [6, 6.07) is 5.27. The fourth-order valence-electron chi connectivity index (χ4n) is 1.98. The highest BCUT2D eigenvalue weighted by atomic mass is 32.1. The third kappa shape index (κ3) is 4.92. The molecule has 0 unspecified atom stereocenters. The van der Waals surface area contributed by atoms with Crippen molar-refractivity contribution >= 4 is 17.4 Å². The lowest BCUT2D eigenvalue weighted by atomic mass is 10.2. The van der Waals surface area contributed by atoms with E-state index in [0.29, 0.717) is 13.1 Å². The Balaban J connectivity index is 2.07. The first-order valence-electron chi connectivity index (χ1n) is 7.73. The van der Waals surface area contributed by atoms with Gasteiger partial charge >= 0.3 is 6.09 Å². The van der Waals surface area contributed by atoms with E-state index < -0.39 is 11.7 Å². The van der Waals surface area contributed by atoms with Crippen LogP contribution in [0, 0.1) is 6.92 Å². The van der Waals surface area contributed by atoms with Crippen molar-refractivity contribution in [2.75, 3.05) is 13.6 Å². The molecule has 0 bridgehead atoms. The summed E-state index contributed by atoms with van der Waals surface area (Å²) in [6.45, 7) is 8.12. The van der Waals surface area contributed by atoms with Crippen molar-refractivity contribution in [3.63, 3.8) is 0 Å². The first kappa shape index (κ1) is 18.2. The van der Waals surface area contributed by atoms with Crippen molar-refractivity contribution in [2.24, 2.45) is 0 Å². The zero-order valence-corrected chi connectivity index (χ0v) is 15.5. The van der Waals surface area contributed by atoms with Crippen LogP contribution in [0.4, 0.5) is 4.79 Å². The summed E-state index contributed by atoms with van der Waals surface area (Å²) in [5, 5.41) is 6.44. The minimum atomic E-state index is -0.544. The predicted octanol–water partition coefficient (Wildman–Crippen LogP) is 3.15. The summed E-state index contributed by atoms with van der Waals surface area (Å²) in [4.78, 5) is 26.4. The van der Waals surface area contributed by atoms with Crippen LogP contribution in [0.25, 0.3) is 10.6 Å². The fraction of sp³-hybridized carbons (Fsp3) is 0.471. The number of hydrogen-bond donors (Lipinski definition) is 0. The first-order valence-corrected chi connectivity index (χ1v) is 8.61. The Labute approximate surface area is 145 Å². The van der Waals surface area contributed by atoms with Crippen LogP contribution in [-0.4, -0.2) is 40.0 Å². The summed E-state index contributed by atoms with van der Waals surface area (Å²) < 4.78 is 6.68. The van der Waals surface area contributed by atoms with E-state index in [1.807, 2.05) is 39.1 Å². The number of carbonyl (C=O) groups excluding carboxylic acids is 1. The number of likely N-dealkylation sites (N-methyl/N-ethyl adjacent to an activating group) is 1. The second kappa shape index (κ2) is 7.17. The molecule has 0 saturated carbocycles. The highest BCUT2D eigenvalue weighted by Gasteiger charge is 2.19. The summed E-state index contributed by atoms with van der Waals surface area (Å²) >= 11 is 1.59. The molecule has 0 spiro atoms. The molecule has 0 aliphatic rings. The van der Waals surface area contributed by atoms with Gasteiger partial charge in [-0.05, 0) is 50.8 Å². The van der Waals surface area contributed by atoms with Gasteiger partial charge in [-0.25, -0.2) is 9.48 Å². The zero-order valence-electron chi connectivity index (χ0n) is 14.7. The molecule has 24 heavy (non-hydrogen) atoms. The predicted molar refractivity (Wildman–Crippen MR) is 95.4 cm³/mol. The van der Waals surface area contributed by atoms with Gasteiger partial charge in [-0.3, -0.25) is 4.79 Å². The molecule has 2 aromatic heterocycles. The highest BCUT2D eigenvalue weighted by Crippen LogP contribution is 2.24. The Hall–Kier alpha value is -2.15. The lowest BCUT2D eigenvalue weighted by molar-refractivity contribution is 0.0291. The third-order valence-electron chi connectivity index (χ3n) is 3.20. The number of aryl methyl sites for hydroxylation is 1. The van der Waals surface area contributed by atoms with Gasteiger partial charge in [-0.2, -0.15) is 5.10 Å². The van der Waals surface area contributed by atoms with Gasteiger partial charge < -0.3 is 9.64 Å². The van der Waals surface area contributed by atoms with Crippen LogP contribution in [0.1, 0.15) is 26.3 Å². The van der Waals surface area contributed by atoms with Crippen LogP contribution in [0.5, 0.6) is 0 Å². The zero-order chi connectivity index (χ0) is 17.9. The van der Waals surface area contributed by atoms with Gasteiger partial charge in [0.05, 0.1) is 11.4 Å². The molecule has 0 aromatic carbocycles. The number of aromatic nitrogens is 2. The minimum absolute atomic E-state index is 0.190. The lowest BCUT2D eigenvalue weighted by Gasteiger charge is -2.24. The molecule has 0 atom stereocenters. The van der Waals surface area contributed by atoms with E-state index in [0.717, 1.165) is 10.6 Å². The number of carbonyl (C=O) groups is 1. The first-order chi connectivity index (χ1) is 11.2. The van der Waals surface area contributed by atoms with E-state index in [-0.39, 0.29) is 5.56 Å². The molecule has 1 amide bonds. The maximum atomic E-state index is 12.0. The standard InChI is InChI=1S/C17H23N3O3S/c1-12-10-14(24-11-12)13-6-7-15(21)20(18-13)9-8-19(5)16(22)23-17(2,3)4/h6-7,10-11H,8-9H2,1-5H3. The van der Waals surface area contributed by atoms with Crippen molar-refractivity contribution in [1.82, 2.24) is 14.7 Å². The molecule has 7 heteroatoms. The van der Waals surface area contributed by atoms with Gasteiger partial charge in [0.1, 0.15) is 11.3 Å². The number of amides is 1. The van der Waals surface area contributed by atoms with Crippen molar-refractivity contribution < 1.29 is 9.53 Å². The Morgan fingerprint density at radius 3 is 2.67 bits per heavy atom. The van der Waals surface area contributed by atoms with Gasteiger partial charge in [-0.15, -0.1) is 11.3 Å². The quantitative estimate of drug-likeness (QED) is 0.850. The molecule has 2 aromatic rings. The SMILES string of the molecule is Cc1csc(-c2ccc(=O)n(CCN(C)C(=O)OC(C)(C)C)n2)c1. The van der Waals surface area contributed by atoms with Gasteiger partial charge in [0.25, 0.3) is 5.56 Å². The van der Waals surface area contributed by atoms with Crippen molar-refractivity contribution in [2.45, 2.75) is 39.8 Å². The molecule has 0 N–H and O–H groups in total. The average Bonchev–Trinajstić information content (AvgIpc) is 2.91. The molecular formula is C17H23N3O3S. The minimum Gasteiger partial charge on any atom is -0.444 e. The fourth-order valence-corrected chi connectivity index (χ4v) is 2.85. The van der Waals surface area contributed by atoms with E-state index >= 15 is 0 Å². The third-order valence-corrected chi connectivity index (χ3v) is 4.27.